The number of hydrogen-bond acceptors (Lipinski definition) is 5. The van der Waals surface area contributed by atoms with Gasteiger partial charge in [0.2, 0.25) is 0 Å². The minimum Gasteiger partial charge on any atom is -0.479 e. The van der Waals surface area contributed by atoms with Crippen LogP contribution in [-0.4, -0.2) is 38.2 Å². The van der Waals surface area contributed by atoms with Crippen LogP contribution in [0.25, 0.3) is 0 Å². The largest absolute Gasteiger partial charge is 0.479 e. The van der Waals surface area contributed by atoms with E-state index in [0.29, 0.717) is 5.69 Å². The number of halogens is 1. The maximum absolute atomic E-state index is 13.4. The fraction of sp³-hybridized carbons (Fsp3) is 0.333. The van der Waals surface area contributed by atoms with E-state index in [2.05, 4.69) is 10.2 Å². The van der Waals surface area contributed by atoms with Crippen LogP contribution in [0.15, 0.2) is 48.5 Å². The van der Waals surface area contributed by atoms with E-state index in [1.807, 2.05) is 24.3 Å². The summed E-state index contributed by atoms with van der Waals surface area (Å²) in [5.74, 6) is -1.82. The van der Waals surface area contributed by atoms with Crippen LogP contribution < -0.4 is 15.0 Å². The lowest BCUT2D eigenvalue weighted by Gasteiger charge is -2.28. The molecule has 1 saturated heterocycles. The van der Waals surface area contributed by atoms with Crippen LogP contribution in [0.5, 0.6) is 5.75 Å². The first-order chi connectivity index (χ1) is 13.6. The van der Waals surface area contributed by atoms with Gasteiger partial charge in [-0.25, -0.2) is 9.18 Å². The second-order valence-corrected chi connectivity index (χ2v) is 6.52. The molecule has 3 rings (SSSR count). The molecule has 0 aromatic heterocycles. The van der Waals surface area contributed by atoms with Gasteiger partial charge in [-0.2, -0.15) is 0 Å². The fourth-order valence-corrected chi connectivity index (χ4v) is 2.99. The van der Waals surface area contributed by atoms with Crippen molar-refractivity contribution in [3.05, 3.63) is 54.3 Å². The molecule has 1 aliphatic rings. The number of nitrogens with zero attached hydrogens (tertiary/aromatic N) is 1. The van der Waals surface area contributed by atoms with Crippen molar-refractivity contribution in [2.24, 2.45) is 0 Å². The lowest BCUT2D eigenvalue weighted by molar-refractivity contribution is -0.149. The molecule has 0 bridgehead atoms. The molecule has 2 aromatic rings. The van der Waals surface area contributed by atoms with Crippen LogP contribution in [0.2, 0.25) is 0 Å². The molecule has 0 atom stereocenters. The summed E-state index contributed by atoms with van der Waals surface area (Å²) in [5, 5.41) is 2.67. The number of anilines is 2. The minimum atomic E-state index is -0.751. The first-order valence-electron chi connectivity index (χ1n) is 9.29. The van der Waals surface area contributed by atoms with E-state index < -0.39 is 30.9 Å². The van der Waals surface area contributed by atoms with Crippen LogP contribution in [0, 0.1) is 5.82 Å². The van der Waals surface area contributed by atoms with Gasteiger partial charge in [0.1, 0.15) is 0 Å². The Balaban J connectivity index is 1.40. The van der Waals surface area contributed by atoms with Crippen molar-refractivity contribution in [3.63, 3.8) is 0 Å². The van der Waals surface area contributed by atoms with E-state index in [-0.39, 0.29) is 5.75 Å². The van der Waals surface area contributed by atoms with E-state index in [1.54, 1.807) is 6.07 Å². The first kappa shape index (κ1) is 19.7. The zero-order valence-electron chi connectivity index (χ0n) is 15.5. The topological polar surface area (TPSA) is 67.9 Å². The summed E-state index contributed by atoms with van der Waals surface area (Å²) in [6.45, 7) is 1.19. The minimum absolute atomic E-state index is 0.0438. The Kier molecular flexibility index (Phi) is 6.84. The van der Waals surface area contributed by atoms with E-state index in [1.165, 1.54) is 37.5 Å². The monoisotopic (exact) mass is 386 g/mol. The van der Waals surface area contributed by atoms with E-state index in [9.17, 15) is 14.0 Å². The molecule has 1 amide bonds. The predicted molar refractivity (Wildman–Crippen MR) is 104 cm³/mol. The van der Waals surface area contributed by atoms with Crippen LogP contribution in [-0.2, 0) is 14.3 Å². The number of esters is 1. The molecule has 1 aliphatic heterocycles. The zero-order chi connectivity index (χ0) is 19.8. The van der Waals surface area contributed by atoms with Crippen LogP contribution in [0.3, 0.4) is 0 Å². The summed E-state index contributed by atoms with van der Waals surface area (Å²) in [6.07, 6.45) is 3.67. The molecule has 148 valence electrons. The Morgan fingerprint density at radius 1 is 0.964 bits per heavy atom. The van der Waals surface area contributed by atoms with Gasteiger partial charge >= 0.3 is 5.97 Å². The lowest BCUT2D eigenvalue weighted by Crippen LogP contribution is -2.29. The summed E-state index contributed by atoms with van der Waals surface area (Å²) < 4.78 is 23.3. The van der Waals surface area contributed by atoms with Gasteiger partial charge in [0.25, 0.3) is 5.91 Å². The second-order valence-electron chi connectivity index (χ2n) is 6.52. The maximum Gasteiger partial charge on any atom is 0.344 e. The number of benzene rings is 2. The van der Waals surface area contributed by atoms with Crippen LogP contribution >= 0.6 is 0 Å². The molecule has 1 N–H and O–H groups in total. The average molecular weight is 386 g/mol. The van der Waals surface area contributed by atoms with Crippen molar-refractivity contribution in [2.75, 3.05) is 36.5 Å². The Hall–Kier alpha value is -3.09. The number of amides is 1. The standard InChI is InChI=1S/C21H23FN2O4/c22-18-6-2-3-7-19(18)27-15-21(26)28-14-20(25)23-16-8-10-17(11-9-16)24-12-4-1-5-13-24/h2-3,6-11H,1,4-5,12-15H2,(H,23,25). The van der Waals surface area contributed by atoms with Gasteiger partial charge in [0, 0.05) is 24.5 Å². The van der Waals surface area contributed by atoms with Crippen LogP contribution in [0.1, 0.15) is 19.3 Å². The maximum atomic E-state index is 13.4. The third kappa shape index (κ3) is 5.70. The molecule has 1 heterocycles. The highest BCUT2D eigenvalue weighted by molar-refractivity contribution is 5.93. The average Bonchev–Trinajstić information content (AvgIpc) is 2.73. The Morgan fingerprint density at radius 2 is 1.68 bits per heavy atom. The molecule has 2 aromatic carbocycles. The zero-order valence-corrected chi connectivity index (χ0v) is 15.5. The normalized spacial score (nSPS) is 13.7. The number of carbonyl (C=O) groups excluding carboxylic acids is 2. The Morgan fingerprint density at radius 3 is 2.39 bits per heavy atom. The highest BCUT2D eigenvalue weighted by Crippen LogP contribution is 2.21. The van der Waals surface area contributed by atoms with E-state index in [4.69, 9.17) is 9.47 Å². The van der Waals surface area contributed by atoms with Gasteiger partial charge in [-0.15, -0.1) is 0 Å². The van der Waals surface area contributed by atoms with Gasteiger partial charge in [-0.05, 0) is 55.7 Å². The number of nitrogens with one attached hydrogen (secondary N) is 1. The summed E-state index contributed by atoms with van der Waals surface area (Å²) in [5.41, 5.74) is 1.76. The highest BCUT2D eigenvalue weighted by atomic mass is 19.1. The molecule has 1 fully saturated rings. The van der Waals surface area contributed by atoms with Gasteiger partial charge in [-0.3, -0.25) is 4.79 Å². The summed E-state index contributed by atoms with van der Waals surface area (Å²) >= 11 is 0. The van der Waals surface area contributed by atoms with Gasteiger partial charge in [0.05, 0.1) is 0 Å². The van der Waals surface area contributed by atoms with Crippen molar-refractivity contribution in [1.82, 2.24) is 0 Å². The first-order valence-corrected chi connectivity index (χ1v) is 9.29. The summed E-state index contributed by atoms with van der Waals surface area (Å²) in [4.78, 5) is 25.9. The van der Waals surface area contributed by atoms with Gasteiger partial charge in [-0.1, -0.05) is 12.1 Å². The molecule has 28 heavy (non-hydrogen) atoms. The number of rotatable bonds is 7. The van der Waals surface area contributed by atoms with E-state index >= 15 is 0 Å². The van der Waals surface area contributed by atoms with Gasteiger partial charge in [0.15, 0.2) is 24.8 Å². The number of para-hydroxylation sites is 1. The molecule has 0 unspecified atom stereocenters. The van der Waals surface area contributed by atoms with Crippen LogP contribution in [0.4, 0.5) is 15.8 Å². The Labute approximate surface area is 163 Å². The molecular weight excluding hydrogens is 363 g/mol. The third-order valence-corrected chi connectivity index (χ3v) is 4.42. The summed E-state index contributed by atoms with van der Waals surface area (Å²) in [7, 11) is 0. The number of ether oxygens (including phenoxy) is 2. The summed E-state index contributed by atoms with van der Waals surface area (Å²) in [6, 6.07) is 13.3. The van der Waals surface area contributed by atoms with Gasteiger partial charge < -0.3 is 19.7 Å². The molecule has 7 heteroatoms. The van der Waals surface area contributed by atoms with Crippen molar-refractivity contribution in [2.45, 2.75) is 19.3 Å². The Bertz CT molecular complexity index is 804. The van der Waals surface area contributed by atoms with E-state index in [0.717, 1.165) is 18.8 Å². The quantitative estimate of drug-likeness (QED) is 0.739. The molecule has 0 aliphatic carbocycles. The molecular formula is C21H23FN2O4. The number of piperidine rings is 1. The smallest absolute Gasteiger partial charge is 0.344 e. The van der Waals surface area contributed by atoms with Crippen molar-refractivity contribution >= 4 is 23.3 Å². The fourth-order valence-electron chi connectivity index (χ4n) is 2.99. The molecule has 0 radical (unpaired) electrons. The predicted octanol–water partition coefficient (Wildman–Crippen LogP) is 3.38. The SMILES string of the molecule is O=C(COC(=O)COc1ccccc1F)Nc1ccc(N2CCCCC2)cc1. The van der Waals surface area contributed by atoms with Crippen molar-refractivity contribution < 1.29 is 23.5 Å². The number of carbonyl (C=O) groups is 2. The lowest BCUT2D eigenvalue weighted by atomic mass is 10.1. The third-order valence-electron chi connectivity index (χ3n) is 4.42. The molecule has 6 nitrogen and oxygen atoms in total. The number of hydrogen-bond donors (Lipinski definition) is 1. The highest BCUT2D eigenvalue weighted by Gasteiger charge is 2.12. The second kappa shape index (κ2) is 9.73. The molecule has 0 saturated carbocycles. The molecule has 0 spiro atoms. The van der Waals surface area contributed by atoms with Crippen molar-refractivity contribution in [1.29, 1.82) is 0 Å². The van der Waals surface area contributed by atoms with Crippen molar-refractivity contribution in [3.8, 4) is 5.75 Å².